The van der Waals surface area contributed by atoms with Crippen LogP contribution in [-0.4, -0.2) is 29.2 Å². The van der Waals surface area contributed by atoms with E-state index in [1.165, 1.54) is 0 Å². The third-order valence-electron chi connectivity index (χ3n) is 4.72. The van der Waals surface area contributed by atoms with Gasteiger partial charge in [-0.1, -0.05) is 19.4 Å². The van der Waals surface area contributed by atoms with Crippen LogP contribution in [0.15, 0.2) is 61.2 Å². The molecule has 1 N–H and O–H groups in total. The van der Waals surface area contributed by atoms with Gasteiger partial charge in [0, 0.05) is 23.6 Å². The Hall–Kier alpha value is -3.28. The van der Waals surface area contributed by atoms with Gasteiger partial charge in [0.25, 0.3) is 5.91 Å². The number of imidazole rings is 1. The second-order valence-corrected chi connectivity index (χ2v) is 6.82. The number of hydrogen-bond acceptors (Lipinski definition) is 4. The first-order valence-corrected chi connectivity index (χ1v) is 9.82. The SMILES string of the molecule is CCCCOc1ccc(C(C)NC(=O)c2ccc(-n3ccnc3)cc2)cc1OC. The van der Waals surface area contributed by atoms with Gasteiger partial charge in [-0.3, -0.25) is 4.79 Å². The Labute approximate surface area is 171 Å². The molecule has 1 amide bonds. The Morgan fingerprint density at radius 1 is 1.17 bits per heavy atom. The predicted molar refractivity (Wildman–Crippen MR) is 113 cm³/mol. The largest absolute Gasteiger partial charge is 0.493 e. The van der Waals surface area contributed by atoms with E-state index in [0.29, 0.717) is 17.9 Å². The van der Waals surface area contributed by atoms with Gasteiger partial charge < -0.3 is 19.4 Å². The summed E-state index contributed by atoms with van der Waals surface area (Å²) in [6, 6.07) is 13.0. The number of methoxy groups -OCH3 is 1. The Balaban J connectivity index is 1.65. The highest BCUT2D eigenvalue weighted by Crippen LogP contribution is 2.30. The van der Waals surface area contributed by atoms with Crippen molar-refractivity contribution in [3.8, 4) is 17.2 Å². The van der Waals surface area contributed by atoms with Gasteiger partial charge in [0.05, 0.1) is 26.1 Å². The van der Waals surface area contributed by atoms with Gasteiger partial charge in [-0.15, -0.1) is 0 Å². The molecule has 6 nitrogen and oxygen atoms in total. The van der Waals surface area contributed by atoms with Crippen LogP contribution >= 0.6 is 0 Å². The van der Waals surface area contributed by atoms with Crippen LogP contribution in [0.1, 0.15) is 48.7 Å². The van der Waals surface area contributed by atoms with Crippen LogP contribution in [0.5, 0.6) is 11.5 Å². The summed E-state index contributed by atoms with van der Waals surface area (Å²) in [6.07, 6.45) is 7.38. The number of nitrogens with one attached hydrogen (secondary N) is 1. The van der Waals surface area contributed by atoms with Crippen LogP contribution in [0.2, 0.25) is 0 Å². The molecule has 2 aromatic carbocycles. The zero-order valence-electron chi connectivity index (χ0n) is 17.1. The van der Waals surface area contributed by atoms with Gasteiger partial charge in [0.2, 0.25) is 0 Å². The molecule has 0 bridgehead atoms. The maximum atomic E-state index is 12.6. The molecule has 152 valence electrons. The average Bonchev–Trinajstić information content (AvgIpc) is 3.29. The number of ether oxygens (including phenoxy) is 2. The van der Waals surface area contributed by atoms with Crippen molar-refractivity contribution in [2.45, 2.75) is 32.7 Å². The molecular weight excluding hydrogens is 366 g/mol. The van der Waals surface area contributed by atoms with Gasteiger partial charge in [0.15, 0.2) is 11.5 Å². The minimum atomic E-state index is -0.172. The standard InChI is InChI=1S/C23H27N3O3/c1-4-5-14-29-21-11-8-19(15-22(21)28-3)17(2)25-23(27)18-6-9-20(10-7-18)26-13-12-24-16-26/h6-13,15-17H,4-5,14H2,1-3H3,(H,25,27). The molecule has 0 saturated carbocycles. The fraction of sp³-hybridized carbons (Fsp3) is 0.304. The lowest BCUT2D eigenvalue weighted by molar-refractivity contribution is 0.0940. The summed E-state index contributed by atoms with van der Waals surface area (Å²) in [5.41, 5.74) is 2.51. The molecule has 0 fully saturated rings. The summed E-state index contributed by atoms with van der Waals surface area (Å²) in [7, 11) is 1.62. The minimum absolute atomic E-state index is 0.128. The third-order valence-corrected chi connectivity index (χ3v) is 4.72. The van der Waals surface area contributed by atoms with Gasteiger partial charge >= 0.3 is 0 Å². The summed E-state index contributed by atoms with van der Waals surface area (Å²) in [5, 5.41) is 3.04. The number of hydrogen-bond donors (Lipinski definition) is 1. The number of carbonyl (C=O) groups excluding carboxylic acids is 1. The minimum Gasteiger partial charge on any atom is -0.493 e. The summed E-state index contributed by atoms with van der Waals surface area (Å²) >= 11 is 0. The van der Waals surface area contributed by atoms with Gasteiger partial charge in [-0.05, 0) is 55.3 Å². The third kappa shape index (κ3) is 5.16. The molecule has 29 heavy (non-hydrogen) atoms. The molecule has 0 spiro atoms. The molecule has 0 aliphatic carbocycles. The molecule has 0 aliphatic rings. The van der Waals surface area contributed by atoms with E-state index in [2.05, 4.69) is 17.2 Å². The zero-order valence-corrected chi connectivity index (χ0v) is 17.1. The topological polar surface area (TPSA) is 65.4 Å². The highest BCUT2D eigenvalue weighted by molar-refractivity contribution is 5.94. The van der Waals surface area contributed by atoms with E-state index in [1.54, 1.807) is 19.6 Å². The summed E-state index contributed by atoms with van der Waals surface area (Å²) < 4.78 is 13.1. The van der Waals surface area contributed by atoms with Crippen LogP contribution in [0.25, 0.3) is 5.69 Å². The maximum Gasteiger partial charge on any atom is 0.251 e. The van der Waals surface area contributed by atoms with E-state index in [1.807, 2.05) is 60.2 Å². The highest BCUT2D eigenvalue weighted by Gasteiger charge is 2.14. The molecule has 1 atom stereocenters. The molecule has 0 aliphatic heterocycles. The molecule has 1 aromatic heterocycles. The first kappa shape index (κ1) is 20.5. The summed E-state index contributed by atoms with van der Waals surface area (Å²) in [4.78, 5) is 16.7. The summed E-state index contributed by atoms with van der Waals surface area (Å²) in [5.74, 6) is 1.26. The Bertz CT molecular complexity index is 921. The predicted octanol–water partition coefficient (Wildman–Crippen LogP) is 4.55. The quantitative estimate of drug-likeness (QED) is 0.542. The number of carbonyl (C=O) groups is 1. The monoisotopic (exact) mass is 393 g/mol. The van der Waals surface area contributed by atoms with E-state index < -0.39 is 0 Å². The molecule has 0 saturated heterocycles. The van der Waals surface area contributed by atoms with Crippen LogP contribution in [-0.2, 0) is 0 Å². The highest BCUT2D eigenvalue weighted by atomic mass is 16.5. The molecule has 0 radical (unpaired) electrons. The van der Waals surface area contributed by atoms with E-state index in [4.69, 9.17) is 9.47 Å². The van der Waals surface area contributed by atoms with E-state index in [9.17, 15) is 4.79 Å². The van der Waals surface area contributed by atoms with Crippen molar-refractivity contribution in [3.63, 3.8) is 0 Å². The lowest BCUT2D eigenvalue weighted by Crippen LogP contribution is -2.26. The van der Waals surface area contributed by atoms with E-state index in [-0.39, 0.29) is 11.9 Å². The van der Waals surface area contributed by atoms with Gasteiger partial charge in [-0.2, -0.15) is 0 Å². The van der Waals surface area contributed by atoms with Crippen molar-refractivity contribution in [2.24, 2.45) is 0 Å². The molecule has 1 heterocycles. The zero-order chi connectivity index (χ0) is 20.6. The Morgan fingerprint density at radius 3 is 2.62 bits per heavy atom. The molecular formula is C23H27N3O3. The smallest absolute Gasteiger partial charge is 0.251 e. The fourth-order valence-electron chi connectivity index (χ4n) is 2.96. The van der Waals surface area contributed by atoms with Crippen LogP contribution in [0.4, 0.5) is 0 Å². The van der Waals surface area contributed by atoms with Gasteiger partial charge in [0.1, 0.15) is 0 Å². The molecule has 6 heteroatoms. The van der Waals surface area contributed by atoms with Crippen molar-refractivity contribution in [1.29, 1.82) is 0 Å². The lowest BCUT2D eigenvalue weighted by atomic mass is 10.1. The fourth-order valence-corrected chi connectivity index (χ4v) is 2.96. The van der Waals surface area contributed by atoms with Crippen molar-refractivity contribution in [2.75, 3.05) is 13.7 Å². The van der Waals surface area contributed by atoms with Crippen LogP contribution in [0.3, 0.4) is 0 Å². The Morgan fingerprint density at radius 2 is 1.97 bits per heavy atom. The molecule has 3 aromatic rings. The Kier molecular flexibility index (Phi) is 6.89. The normalized spacial score (nSPS) is 11.7. The van der Waals surface area contributed by atoms with Crippen molar-refractivity contribution in [3.05, 3.63) is 72.3 Å². The van der Waals surface area contributed by atoms with Crippen molar-refractivity contribution < 1.29 is 14.3 Å². The lowest BCUT2D eigenvalue weighted by Gasteiger charge is -2.17. The summed E-state index contributed by atoms with van der Waals surface area (Å²) in [6.45, 7) is 4.73. The molecule has 3 rings (SSSR count). The average molecular weight is 393 g/mol. The number of aromatic nitrogens is 2. The number of amides is 1. The maximum absolute atomic E-state index is 12.6. The van der Waals surface area contributed by atoms with Crippen molar-refractivity contribution >= 4 is 5.91 Å². The number of unbranched alkanes of at least 4 members (excludes halogenated alkanes) is 1. The van der Waals surface area contributed by atoms with Crippen LogP contribution in [0, 0.1) is 0 Å². The number of rotatable bonds is 9. The van der Waals surface area contributed by atoms with E-state index in [0.717, 1.165) is 29.8 Å². The number of benzene rings is 2. The number of nitrogens with zero attached hydrogens (tertiary/aromatic N) is 2. The van der Waals surface area contributed by atoms with Gasteiger partial charge in [-0.25, -0.2) is 4.98 Å². The molecule has 1 unspecified atom stereocenters. The van der Waals surface area contributed by atoms with Crippen LogP contribution < -0.4 is 14.8 Å². The van der Waals surface area contributed by atoms with Crippen molar-refractivity contribution in [1.82, 2.24) is 14.9 Å². The first-order chi connectivity index (χ1) is 14.1. The second-order valence-electron chi connectivity index (χ2n) is 6.82. The first-order valence-electron chi connectivity index (χ1n) is 9.82. The second kappa shape index (κ2) is 9.78. The van der Waals surface area contributed by atoms with E-state index >= 15 is 0 Å².